The molecule has 1 aliphatic heterocycles. The van der Waals surface area contributed by atoms with Crippen molar-refractivity contribution in [2.24, 2.45) is 10.9 Å². The SMILES string of the molecule is CN=C(NCC1(c2cccc(F)c2)CC1)N1CCC(COCCOC)C1.I. The summed E-state index contributed by atoms with van der Waals surface area (Å²) in [5.41, 5.74) is 1.15. The van der Waals surface area contributed by atoms with Crippen molar-refractivity contribution in [3.8, 4) is 0 Å². The van der Waals surface area contributed by atoms with Crippen LogP contribution < -0.4 is 5.32 Å². The smallest absolute Gasteiger partial charge is 0.193 e. The lowest BCUT2D eigenvalue weighted by Gasteiger charge is -2.24. The van der Waals surface area contributed by atoms with Gasteiger partial charge in [0, 0.05) is 45.1 Å². The first-order valence-electron chi connectivity index (χ1n) is 9.45. The van der Waals surface area contributed by atoms with Crippen LogP contribution in [0.3, 0.4) is 0 Å². The summed E-state index contributed by atoms with van der Waals surface area (Å²) >= 11 is 0. The highest BCUT2D eigenvalue weighted by molar-refractivity contribution is 14.0. The fraction of sp³-hybridized carbons (Fsp3) is 0.650. The summed E-state index contributed by atoms with van der Waals surface area (Å²) in [5, 5.41) is 3.52. The first kappa shape index (κ1) is 22.4. The summed E-state index contributed by atoms with van der Waals surface area (Å²) in [4.78, 5) is 6.75. The van der Waals surface area contributed by atoms with Crippen molar-refractivity contribution >= 4 is 29.9 Å². The Labute approximate surface area is 178 Å². The van der Waals surface area contributed by atoms with E-state index in [1.165, 1.54) is 6.07 Å². The van der Waals surface area contributed by atoms with Crippen molar-refractivity contribution in [3.63, 3.8) is 0 Å². The fourth-order valence-electron chi connectivity index (χ4n) is 3.67. The van der Waals surface area contributed by atoms with Crippen molar-refractivity contribution in [3.05, 3.63) is 35.6 Å². The average molecular weight is 491 g/mol. The molecule has 5 nitrogen and oxygen atoms in total. The third kappa shape index (κ3) is 6.02. The van der Waals surface area contributed by atoms with Crippen LogP contribution >= 0.6 is 24.0 Å². The van der Waals surface area contributed by atoms with Gasteiger partial charge in [0.25, 0.3) is 0 Å². The van der Waals surface area contributed by atoms with Gasteiger partial charge in [0.15, 0.2) is 5.96 Å². The molecule has 0 bridgehead atoms. The lowest BCUT2D eigenvalue weighted by Crippen LogP contribution is -2.43. The average Bonchev–Trinajstić information content (AvgIpc) is 3.30. The highest BCUT2D eigenvalue weighted by Crippen LogP contribution is 2.47. The van der Waals surface area contributed by atoms with E-state index in [0.717, 1.165) is 57.0 Å². The van der Waals surface area contributed by atoms with Crippen LogP contribution in [0, 0.1) is 11.7 Å². The van der Waals surface area contributed by atoms with Crippen molar-refractivity contribution < 1.29 is 13.9 Å². The van der Waals surface area contributed by atoms with Crippen LogP contribution in [0.1, 0.15) is 24.8 Å². The standard InChI is InChI=1S/C20H30FN3O2.HI/c1-22-19(24-9-6-16(13-24)14-26-11-10-25-2)23-15-20(7-8-20)17-4-3-5-18(21)12-17;/h3-5,12,16H,6-11,13-15H2,1-2H3,(H,22,23);1H. The first-order valence-corrected chi connectivity index (χ1v) is 9.45. The number of likely N-dealkylation sites (tertiary alicyclic amines) is 1. The molecule has 1 aromatic carbocycles. The summed E-state index contributed by atoms with van der Waals surface area (Å²) in [5.74, 6) is 1.31. The highest BCUT2D eigenvalue weighted by Gasteiger charge is 2.44. The molecule has 3 rings (SSSR count). The van der Waals surface area contributed by atoms with Gasteiger partial charge in [0.1, 0.15) is 5.82 Å². The molecule has 2 aliphatic rings. The molecule has 1 aromatic rings. The number of halogens is 2. The number of hydrogen-bond acceptors (Lipinski definition) is 3. The van der Waals surface area contributed by atoms with Gasteiger partial charge in [-0.3, -0.25) is 4.99 Å². The van der Waals surface area contributed by atoms with Crippen molar-refractivity contribution in [2.45, 2.75) is 24.7 Å². The maximum Gasteiger partial charge on any atom is 0.193 e. The number of guanidine groups is 1. The van der Waals surface area contributed by atoms with Crippen molar-refractivity contribution in [2.75, 3.05) is 53.6 Å². The molecule has 0 radical (unpaired) electrons. The largest absolute Gasteiger partial charge is 0.382 e. The maximum absolute atomic E-state index is 13.6. The molecule has 1 N–H and O–H groups in total. The van der Waals surface area contributed by atoms with Crippen LogP contribution in [-0.4, -0.2) is 64.5 Å². The molecular weight excluding hydrogens is 460 g/mol. The van der Waals surface area contributed by atoms with Gasteiger partial charge in [-0.15, -0.1) is 24.0 Å². The predicted octanol–water partition coefficient (Wildman–Crippen LogP) is 3.04. The second kappa shape index (κ2) is 10.6. The summed E-state index contributed by atoms with van der Waals surface area (Å²) in [7, 11) is 3.51. The zero-order valence-corrected chi connectivity index (χ0v) is 18.6. The second-order valence-corrected chi connectivity index (χ2v) is 7.36. The van der Waals surface area contributed by atoms with Gasteiger partial charge in [-0.05, 0) is 37.0 Å². The van der Waals surface area contributed by atoms with Crippen LogP contribution in [0.5, 0.6) is 0 Å². The Bertz CT molecular complexity index is 625. The zero-order valence-electron chi connectivity index (χ0n) is 16.2. The van der Waals surface area contributed by atoms with E-state index in [-0.39, 0.29) is 35.2 Å². The Balaban J connectivity index is 0.00000261. The van der Waals surface area contributed by atoms with Gasteiger partial charge in [-0.25, -0.2) is 4.39 Å². The number of methoxy groups -OCH3 is 1. The normalized spacial score (nSPS) is 21.1. The van der Waals surface area contributed by atoms with E-state index in [1.54, 1.807) is 19.2 Å². The molecule has 27 heavy (non-hydrogen) atoms. The van der Waals surface area contributed by atoms with Crippen molar-refractivity contribution in [1.82, 2.24) is 10.2 Å². The minimum atomic E-state index is -0.158. The number of hydrogen-bond donors (Lipinski definition) is 1. The minimum absolute atomic E-state index is 0. The Morgan fingerprint density at radius 2 is 2.19 bits per heavy atom. The molecule has 7 heteroatoms. The monoisotopic (exact) mass is 491 g/mol. The third-order valence-corrected chi connectivity index (χ3v) is 5.46. The minimum Gasteiger partial charge on any atom is -0.382 e. The van der Waals surface area contributed by atoms with Gasteiger partial charge in [-0.2, -0.15) is 0 Å². The summed E-state index contributed by atoms with van der Waals surface area (Å²) < 4.78 is 24.2. The first-order chi connectivity index (χ1) is 12.7. The molecule has 0 spiro atoms. The molecule has 1 atom stereocenters. The van der Waals surface area contributed by atoms with Gasteiger partial charge < -0.3 is 19.7 Å². The molecule has 1 heterocycles. The second-order valence-electron chi connectivity index (χ2n) is 7.36. The number of aliphatic imine (C=N–C) groups is 1. The molecule has 1 saturated carbocycles. The summed E-state index contributed by atoms with van der Waals surface area (Å²) in [6.45, 7) is 4.81. The lowest BCUT2D eigenvalue weighted by molar-refractivity contribution is 0.0536. The van der Waals surface area contributed by atoms with Crippen LogP contribution in [0.2, 0.25) is 0 Å². The van der Waals surface area contributed by atoms with Gasteiger partial charge >= 0.3 is 0 Å². The Morgan fingerprint density at radius 3 is 2.85 bits per heavy atom. The van der Waals surface area contributed by atoms with E-state index in [1.807, 2.05) is 13.1 Å². The molecular formula is C20H31FIN3O2. The number of nitrogens with one attached hydrogen (secondary N) is 1. The van der Waals surface area contributed by atoms with Crippen LogP contribution in [-0.2, 0) is 14.9 Å². The van der Waals surface area contributed by atoms with Crippen molar-refractivity contribution in [1.29, 1.82) is 0 Å². The van der Waals surface area contributed by atoms with Gasteiger partial charge in [-0.1, -0.05) is 12.1 Å². The molecule has 1 unspecified atom stereocenters. The molecule has 0 aromatic heterocycles. The third-order valence-electron chi connectivity index (χ3n) is 5.46. The van der Waals surface area contributed by atoms with E-state index in [9.17, 15) is 4.39 Å². The number of ether oxygens (including phenoxy) is 2. The van der Waals surface area contributed by atoms with Crippen LogP contribution in [0.4, 0.5) is 4.39 Å². The van der Waals surface area contributed by atoms with E-state index < -0.39 is 0 Å². The van der Waals surface area contributed by atoms with Crippen LogP contribution in [0.15, 0.2) is 29.3 Å². The molecule has 2 fully saturated rings. The molecule has 0 amide bonds. The van der Waals surface area contributed by atoms with E-state index in [2.05, 4.69) is 15.2 Å². The summed E-state index contributed by atoms with van der Waals surface area (Å²) in [6, 6.07) is 7.00. The zero-order chi connectivity index (χ0) is 18.4. The van der Waals surface area contributed by atoms with E-state index >= 15 is 0 Å². The Hall–Kier alpha value is -0.930. The maximum atomic E-state index is 13.6. The molecule has 1 aliphatic carbocycles. The van der Waals surface area contributed by atoms with Gasteiger partial charge in [0.05, 0.1) is 19.8 Å². The molecule has 152 valence electrons. The van der Waals surface area contributed by atoms with Gasteiger partial charge in [0.2, 0.25) is 0 Å². The fourth-order valence-corrected chi connectivity index (χ4v) is 3.67. The predicted molar refractivity (Wildman–Crippen MR) is 116 cm³/mol. The Morgan fingerprint density at radius 1 is 1.37 bits per heavy atom. The number of benzene rings is 1. The topological polar surface area (TPSA) is 46.1 Å². The number of rotatable bonds is 8. The highest BCUT2D eigenvalue weighted by atomic mass is 127. The molecule has 1 saturated heterocycles. The Kier molecular flexibility index (Phi) is 8.75. The number of nitrogens with zero attached hydrogens (tertiary/aromatic N) is 2. The lowest BCUT2D eigenvalue weighted by atomic mass is 9.96. The van der Waals surface area contributed by atoms with E-state index in [4.69, 9.17) is 9.47 Å². The summed E-state index contributed by atoms with van der Waals surface area (Å²) in [6.07, 6.45) is 3.30. The van der Waals surface area contributed by atoms with Crippen LogP contribution in [0.25, 0.3) is 0 Å². The van der Waals surface area contributed by atoms with E-state index in [0.29, 0.717) is 19.1 Å². The quantitative estimate of drug-likeness (QED) is 0.263.